The summed E-state index contributed by atoms with van der Waals surface area (Å²) in [5.74, 6) is -0.547. The van der Waals surface area contributed by atoms with Gasteiger partial charge in [0.25, 0.3) is 5.91 Å². The van der Waals surface area contributed by atoms with Crippen molar-refractivity contribution in [1.29, 1.82) is 0 Å². The second-order valence-corrected chi connectivity index (χ2v) is 8.14. The topological polar surface area (TPSA) is 66.8 Å². The summed E-state index contributed by atoms with van der Waals surface area (Å²) in [5, 5.41) is 11.9. The Kier molecular flexibility index (Phi) is 5.56. The lowest BCUT2D eigenvalue weighted by Gasteiger charge is -2.23. The van der Waals surface area contributed by atoms with Crippen LogP contribution in [-0.4, -0.2) is 23.9 Å². The molecule has 3 aromatic carbocycles. The van der Waals surface area contributed by atoms with Gasteiger partial charge in [0.1, 0.15) is 5.75 Å². The van der Waals surface area contributed by atoms with E-state index < -0.39 is 23.7 Å². The van der Waals surface area contributed by atoms with Crippen molar-refractivity contribution in [3.05, 3.63) is 94.0 Å². The van der Waals surface area contributed by atoms with Crippen LogP contribution in [-0.2, 0) is 16.9 Å². The third-order valence-corrected chi connectivity index (χ3v) is 5.81. The van der Waals surface area contributed by atoms with Crippen LogP contribution >= 0.6 is 11.6 Å². The Balaban J connectivity index is 1.72. The molecular weight excluding hydrogens is 414 g/mol. The maximum atomic E-state index is 13.4. The highest BCUT2D eigenvalue weighted by atomic mass is 35.5. The molecule has 0 spiro atoms. The number of benzene rings is 3. The molecule has 1 heterocycles. The molecule has 0 saturated carbocycles. The van der Waals surface area contributed by atoms with Gasteiger partial charge in [-0.15, -0.1) is 0 Å². The van der Waals surface area contributed by atoms with E-state index in [1.165, 1.54) is 12.0 Å². The van der Waals surface area contributed by atoms with Gasteiger partial charge in [0.15, 0.2) is 11.4 Å². The van der Waals surface area contributed by atoms with Gasteiger partial charge < -0.3 is 14.7 Å². The molecule has 0 unspecified atom stereocenters. The second-order valence-electron chi connectivity index (χ2n) is 7.70. The number of ether oxygens (including phenoxy) is 1. The van der Waals surface area contributed by atoms with Gasteiger partial charge in [-0.1, -0.05) is 53.6 Å². The van der Waals surface area contributed by atoms with Gasteiger partial charge in [-0.25, -0.2) is 0 Å². The molecule has 4 rings (SSSR count). The average molecular weight is 436 g/mol. The molecule has 0 saturated heterocycles. The number of nitrogens with zero attached hydrogens (tertiary/aromatic N) is 1. The van der Waals surface area contributed by atoms with E-state index in [0.29, 0.717) is 27.6 Å². The zero-order valence-corrected chi connectivity index (χ0v) is 18.0. The van der Waals surface area contributed by atoms with E-state index in [4.69, 9.17) is 16.3 Å². The number of carbonyl (C=O) groups is 2. The molecule has 158 valence electrons. The average Bonchev–Trinajstić information content (AvgIpc) is 2.96. The largest absolute Gasteiger partial charge is 0.496 e. The Labute approximate surface area is 185 Å². The Hall–Kier alpha value is -3.15. The molecule has 31 heavy (non-hydrogen) atoms. The van der Waals surface area contributed by atoms with E-state index in [9.17, 15) is 14.7 Å². The second kappa shape index (κ2) is 8.17. The first-order chi connectivity index (χ1) is 14.8. The first kappa shape index (κ1) is 21.1. The van der Waals surface area contributed by atoms with Crippen LogP contribution < -0.4 is 9.64 Å². The molecule has 0 fully saturated rings. The van der Waals surface area contributed by atoms with Crippen molar-refractivity contribution < 1.29 is 19.4 Å². The number of methoxy groups -OCH3 is 1. The van der Waals surface area contributed by atoms with E-state index in [2.05, 4.69) is 0 Å². The zero-order chi connectivity index (χ0) is 22.2. The number of amides is 1. The first-order valence-electron chi connectivity index (χ1n) is 9.89. The number of halogens is 1. The summed E-state index contributed by atoms with van der Waals surface area (Å²) in [4.78, 5) is 28.0. The quantitative estimate of drug-likeness (QED) is 0.571. The number of fused-ring (bicyclic) bond motifs is 1. The lowest BCUT2D eigenvalue weighted by atomic mass is 9.88. The lowest BCUT2D eigenvalue weighted by Crippen LogP contribution is -2.41. The number of carbonyl (C=O) groups excluding carboxylic acids is 2. The highest BCUT2D eigenvalue weighted by molar-refractivity contribution is 6.31. The van der Waals surface area contributed by atoms with Crippen molar-refractivity contribution >= 4 is 29.0 Å². The van der Waals surface area contributed by atoms with E-state index in [1.807, 2.05) is 31.2 Å². The highest BCUT2D eigenvalue weighted by Gasteiger charge is 2.51. The van der Waals surface area contributed by atoms with Gasteiger partial charge in [0, 0.05) is 10.6 Å². The molecule has 0 radical (unpaired) electrons. The van der Waals surface area contributed by atoms with Crippen LogP contribution in [0.3, 0.4) is 0 Å². The summed E-state index contributed by atoms with van der Waals surface area (Å²) in [6.45, 7) is 2.27. The van der Waals surface area contributed by atoms with Crippen LogP contribution in [0.25, 0.3) is 0 Å². The van der Waals surface area contributed by atoms with E-state index in [0.717, 1.165) is 11.1 Å². The van der Waals surface area contributed by atoms with Crippen LogP contribution in [0, 0.1) is 6.92 Å². The minimum absolute atomic E-state index is 0.277. The normalized spacial score (nSPS) is 17.5. The molecule has 6 heteroatoms. The number of aliphatic hydroxyl groups is 1. The number of hydrogen-bond acceptors (Lipinski definition) is 4. The predicted molar refractivity (Wildman–Crippen MR) is 120 cm³/mol. The third kappa shape index (κ3) is 3.82. The summed E-state index contributed by atoms with van der Waals surface area (Å²) in [5.41, 5.74) is 1.21. The van der Waals surface area contributed by atoms with Gasteiger partial charge in [0.05, 0.1) is 31.3 Å². The molecule has 3 aromatic rings. The molecule has 0 bridgehead atoms. The van der Waals surface area contributed by atoms with Crippen LogP contribution in [0.2, 0.25) is 5.02 Å². The fraction of sp³-hybridized carbons (Fsp3) is 0.200. The number of Topliss-reactive ketones (excluding diaryl/α,β-unsaturated/α-hetero) is 1. The van der Waals surface area contributed by atoms with Gasteiger partial charge >= 0.3 is 0 Å². The number of ketones is 1. The van der Waals surface area contributed by atoms with Crippen LogP contribution in [0.4, 0.5) is 5.69 Å². The standard InChI is InChI=1S/C25H22ClNO4/c1-16-7-9-17(10-8-16)15-27-21-12-11-18(26)13-20(21)25(30,24(27)29)14-22(28)19-5-3-4-6-23(19)31-2/h3-13,30H,14-15H2,1-2H3/t25-/m1/s1. The molecule has 1 atom stereocenters. The molecule has 0 aliphatic carbocycles. The number of hydrogen-bond donors (Lipinski definition) is 1. The fourth-order valence-corrected chi connectivity index (χ4v) is 4.10. The maximum Gasteiger partial charge on any atom is 0.264 e. The van der Waals surface area contributed by atoms with Crippen molar-refractivity contribution in [1.82, 2.24) is 0 Å². The van der Waals surface area contributed by atoms with Crippen molar-refractivity contribution in [2.75, 3.05) is 12.0 Å². The Morgan fingerprint density at radius 2 is 1.81 bits per heavy atom. The number of aryl methyl sites for hydroxylation is 1. The van der Waals surface area contributed by atoms with Crippen molar-refractivity contribution in [3.63, 3.8) is 0 Å². The van der Waals surface area contributed by atoms with Crippen molar-refractivity contribution in [2.45, 2.75) is 25.5 Å². The number of para-hydroxylation sites is 1. The van der Waals surface area contributed by atoms with Crippen molar-refractivity contribution in [2.24, 2.45) is 0 Å². The first-order valence-corrected chi connectivity index (χ1v) is 10.3. The van der Waals surface area contributed by atoms with Crippen LogP contribution in [0.1, 0.15) is 33.5 Å². The monoisotopic (exact) mass is 435 g/mol. The van der Waals surface area contributed by atoms with E-state index in [1.54, 1.807) is 42.5 Å². The Morgan fingerprint density at radius 1 is 1.10 bits per heavy atom. The minimum atomic E-state index is -2.01. The summed E-state index contributed by atoms with van der Waals surface area (Å²) in [7, 11) is 1.47. The molecule has 1 aliphatic heterocycles. The summed E-state index contributed by atoms with van der Waals surface area (Å²) in [6, 6.07) is 19.5. The third-order valence-electron chi connectivity index (χ3n) is 5.58. The van der Waals surface area contributed by atoms with Gasteiger partial charge in [-0.3, -0.25) is 9.59 Å². The minimum Gasteiger partial charge on any atom is -0.496 e. The van der Waals surface area contributed by atoms with Crippen LogP contribution in [0.5, 0.6) is 5.75 Å². The molecule has 1 aliphatic rings. The summed E-state index contributed by atoms with van der Waals surface area (Å²) < 4.78 is 5.27. The van der Waals surface area contributed by atoms with Crippen LogP contribution in [0.15, 0.2) is 66.7 Å². The van der Waals surface area contributed by atoms with Gasteiger partial charge in [-0.2, -0.15) is 0 Å². The molecule has 1 N–H and O–H groups in total. The molecule has 5 nitrogen and oxygen atoms in total. The zero-order valence-electron chi connectivity index (χ0n) is 17.3. The Morgan fingerprint density at radius 3 is 2.52 bits per heavy atom. The molecule has 1 amide bonds. The summed E-state index contributed by atoms with van der Waals surface area (Å²) in [6.07, 6.45) is -0.413. The SMILES string of the molecule is COc1ccccc1C(=O)C[C@]1(O)C(=O)N(Cc2ccc(C)cc2)c2ccc(Cl)cc21. The number of rotatable bonds is 6. The molecule has 0 aromatic heterocycles. The van der Waals surface area contributed by atoms with E-state index in [-0.39, 0.29) is 6.54 Å². The molecular formula is C25H22ClNO4. The van der Waals surface area contributed by atoms with E-state index >= 15 is 0 Å². The van der Waals surface area contributed by atoms with Crippen molar-refractivity contribution in [3.8, 4) is 5.75 Å². The lowest BCUT2D eigenvalue weighted by molar-refractivity contribution is -0.136. The predicted octanol–water partition coefficient (Wildman–Crippen LogP) is 4.66. The van der Waals surface area contributed by atoms with Gasteiger partial charge in [-0.05, 0) is 42.8 Å². The van der Waals surface area contributed by atoms with Gasteiger partial charge in [0.2, 0.25) is 0 Å². The highest BCUT2D eigenvalue weighted by Crippen LogP contribution is 2.45. The number of anilines is 1. The summed E-state index contributed by atoms with van der Waals surface area (Å²) >= 11 is 6.18. The Bertz CT molecular complexity index is 1160. The fourth-order valence-electron chi connectivity index (χ4n) is 3.93. The maximum absolute atomic E-state index is 13.4. The smallest absolute Gasteiger partial charge is 0.264 e.